The van der Waals surface area contributed by atoms with Gasteiger partial charge in [0.25, 0.3) is 0 Å². The molecule has 26 heavy (non-hydrogen) atoms. The van der Waals surface area contributed by atoms with Crippen molar-refractivity contribution in [2.24, 2.45) is 0 Å². The van der Waals surface area contributed by atoms with Crippen molar-refractivity contribution in [2.45, 2.75) is 32.1 Å². The number of piperidine rings is 1. The van der Waals surface area contributed by atoms with Crippen molar-refractivity contribution in [3.05, 3.63) is 71.6 Å². The Hall–Kier alpha value is -2.76. The zero-order valence-corrected chi connectivity index (χ0v) is 14.7. The summed E-state index contributed by atoms with van der Waals surface area (Å²) in [6.07, 6.45) is 6.21. The maximum Gasteiger partial charge on any atom is 0.199 e. The highest BCUT2D eigenvalue weighted by Gasteiger charge is 2.26. The number of rotatable bonds is 4. The highest BCUT2D eigenvalue weighted by Crippen LogP contribution is 2.29. The second-order valence-electron chi connectivity index (χ2n) is 6.72. The SMILES string of the molecule is Cc1nccc(N2CCC[C@@H](c3ncc(Cc4cccc(F)c4)o3)C2)n1. The van der Waals surface area contributed by atoms with Crippen molar-refractivity contribution < 1.29 is 8.81 Å². The summed E-state index contributed by atoms with van der Waals surface area (Å²) in [4.78, 5) is 15.4. The van der Waals surface area contributed by atoms with Crippen LogP contribution in [0.25, 0.3) is 0 Å². The maximum absolute atomic E-state index is 13.3. The fourth-order valence-electron chi connectivity index (χ4n) is 3.45. The van der Waals surface area contributed by atoms with Gasteiger partial charge in [0.15, 0.2) is 5.89 Å². The van der Waals surface area contributed by atoms with Crippen LogP contribution in [0.15, 0.2) is 47.1 Å². The molecule has 1 atom stereocenters. The van der Waals surface area contributed by atoms with Crippen LogP contribution in [0.2, 0.25) is 0 Å². The van der Waals surface area contributed by atoms with Crippen LogP contribution in [0.1, 0.15) is 41.8 Å². The molecule has 0 spiro atoms. The summed E-state index contributed by atoms with van der Waals surface area (Å²) in [5.41, 5.74) is 0.884. The smallest absolute Gasteiger partial charge is 0.199 e. The van der Waals surface area contributed by atoms with Gasteiger partial charge in [-0.15, -0.1) is 0 Å². The molecule has 0 bridgehead atoms. The summed E-state index contributed by atoms with van der Waals surface area (Å²) >= 11 is 0. The van der Waals surface area contributed by atoms with Crippen molar-refractivity contribution in [1.29, 1.82) is 0 Å². The monoisotopic (exact) mass is 352 g/mol. The molecule has 1 fully saturated rings. The molecule has 4 rings (SSSR count). The van der Waals surface area contributed by atoms with E-state index >= 15 is 0 Å². The van der Waals surface area contributed by atoms with Gasteiger partial charge in [0.2, 0.25) is 0 Å². The normalized spacial score (nSPS) is 17.5. The summed E-state index contributed by atoms with van der Waals surface area (Å²) in [6.45, 7) is 3.71. The molecular formula is C20H21FN4O. The van der Waals surface area contributed by atoms with Crippen molar-refractivity contribution in [3.8, 4) is 0 Å². The first-order chi connectivity index (χ1) is 12.7. The van der Waals surface area contributed by atoms with Crippen molar-refractivity contribution >= 4 is 5.82 Å². The Labute approximate surface area is 151 Å². The molecule has 1 aliphatic heterocycles. The van der Waals surface area contributed by atoms with Gasteiger partial charge in [0, 0.05) is 25.7 Å². The van der Waals surface area contributed by atoms with Crippen LogP contribution in [-0.4, -0.2) is 28.0 Å². The molecule has 6 heteroatoms. The van der Waals surface area contributed by atoms with E-state index < -0.39 is 0 Å². The summed E-state index contributed by atoms with van der Waals surface area (Å²) in [5.74, 6) is 3.25. The molecule has 1 aromatic carbocycles. The average Bonchev–Trinajstić information content (AvgIpc) is 3.10. The largest absolute Gasteiger partial charge is 0.445 e. The van der Waals surface area contributed by atoms with Gasteiger partial charge >= 0.3 is 0 Å². The van der Waals surface area contributed by atoms with Gasteiger partial charge in [-0.1, -0.05) is 12.1 Å². The van der Waals surface area contributed by atoms with Crippen LogP contribution < -0.4 is 4.90 Å². The molecule has 3 aromatic rings. The van der Waals surface area contributed by atoms with Crippen LogP contribution in [0.3, 0.4) is 0 Å². The highest BCUT2D eigenvalue weighted by molar-refractivity contribution is 5.38. The first kappa shape index (κ1) is 16.7. The number of oxazole rings is 1. The van der Waals surface area contributed by atoms with Crippen LogP contribution in [0, 0.1) is 12.7 Å². The second-order valence-corrected chi connectivity index (χ2v) is 6.72. The molecule has 0 aliphatic carbocycles. The predicted molar refractivity (Wildman–Crippen MR) is 96.7 cm³/mol. The third-order valence-corrected chi connectivity index (χ3v) is 4.69. The predicted octanol–water partition coefficient (Wildman–Crippen LogP) is 3.89. The van der Waals surface area contributed by atoms with Gasteiger partial charge < -0.3 is 9.32 Å². The molecular weight excluding hydrogens is 331 g/mol. The van der Waals surface area contributed by atoms with Gasteiger partial charge in [-0.25, -0.2) is 19.3 Å². The van der Waals surface area contributed by atoms with E-state index in [1.54, 1.807) is 18.5 Å². The first-order valence-electron chi connectivity index (χ1n) is 8.91. The third-order valence-electron chi connectivity index (χ3n) is 4.69. The van der Waals surface area contributed by atoms with Crippen LogP contribution in [0.4, 0.5) is 10.2 Å². The fraction of sp³-hybridized carbons (Fsp3) is 0.350. The zero-order valence-electron chi connectivity index (χ0n) is 14.7. The van der Waals surface area contributed by atoms with Crippen molar-refractivity contribution in [3.63, 3.8) is 0 Å². The van der Waals surface area contributed by atoms with Gasteiger partial charge in [0.05, 0.1) is 12.1 Å². The third kappa shape index (κ3) is 3.74. The Morgan fingerprint density at radius 2 is 2.19 bits per heavy atom. The minimum atomic E-state index is -0.231. The van der Waals surface area contributed by atoms with E-state index in [9.17, 15) is 4.39 Å². The summed E-state index contributed by atoms with van der Waals surface area (Å²) in [5, 5.41) is 0. The molecule has 134 valence electrons. The van der Waals surface area contributed by atoms with Crippen molar-refractivity contribution in [2.75, 3.05) is 18.0 Å². The van der Waals surface area contributed by atoms with E-state index in [1.807, 2.05) is 19.1 Å². The molecule has 5 nitrogen and oxygen atoms in total. The van der Waals surface area contributed by atoms with E-state index in [4.69, 9.17) is 4.42 Å². The number of aromatic nitrogens is 3. The van der Waals surface area contributed by atoms with Gasteiger partial charge in [-0.05, 0) is 43.5 Å². The van der Waals surface area contributed by atoms with Crippen LogP contribution in [-0.2, 0) is 6.42 Å². The van der Waals surface area contributed by atoms with Gasteiger partial charge in [0.1, 0.15) is 23.2 Å². The van der Waals surface area contributed by atoms with Crippen molar-refractivity contribution in [1.82, 2.24) is 15.0 Å². The number of hydrogen-bond acceptors (Lipinski definition) is 5. The Kier molecular flexibility index (Phi) is 4.65. The molecule has 3 heterocycles. The Balaban J connectivity index is 1.46. The topological polar surface area (TPSA) is 55.1 Å². The number of benzene rings is 1. The lowest BCUT2D eigenvalue weighted by atomic mass is 9.98. The lowest BCUT2D eigenvalue weighted by Crippen LogP contribution is -2.35. The standard InChI is InChI=1S/C20H21FN4O/c1-14-22-8-7-19(24-14)25-9-3-5-16(13-25)20-23-12-18(26-20)11-15-4-2-6-17(21)10-15/h2,4,6-8,10,12,16H,3,5,9,11,13H2,1H3/t16-/m1/s1. The number of anilines is 1. The summed E-state index contributed by atoms with van der Waals surface area (Å²) in [6, 6.07) is 8.53. The Bertz CT molecular complexity index is 895. The number of aryl methyl sites for hydroxylation is 1. The quantitative estimate of drug-likeness (QED) is 0.713. The molecule has 0 radical (unpaired) electrons. The zero-order chi connectivity index (χ0) is 17.9. The molecule has 2 aromatic heterocycles. The van der Waals surface area contributed by atoms with E-state index in [0.717, 1.165) is 54.8 Å². The highest BCUT2D eigenvalue weighted by atomic mass is 19.1. The van der Waals surface area contributed by atoms with Gasteiger partial charge in [-0.2, -0.15) is 0 Å². The fourth-order valence-corrected chi connectivity index (χ4v) is 3.45. The van der Waals surface area contributed by atoms with Crippen LogP contribution in [0.5, 0.6) is 0 Å². The first-order valence-corrected chi connectivity index (χ1v) is 8.91. The molecule has 0 unspecified atom stereocenters. The molecule has 0 N–H and O–H groups in total. The van der Waals surface area contributed by atoms with Crippen LogP contribution >= 0.6 is 0 Å². The number of hydrogen-bond donors (Lipinski definition) is 0. The lowest BCUT2D eigenvalue weighted by Gasteiger charge is -2.32. The second kappa shape index (κ2) is 7.23. The number of halogens is 1. The maximum atomic E-state index is 13.3. The Morgan fingerprint density at radius 1 is 1.27 bits per heavy atom. The molecule has 0 saturated carbocycles. The average molecular weight is 352 g/mol. The number of nitrogens with zero attached hydrogens (tertiary/aromatic N) is 4. The molecule has 1 saturated heterocycles. The van der Waals surface area contributed by atoms with E-state index in [1.165, 1.54) is 12.1 Å². The lowest BCUT2D eigenvalue weighted by molar-refractivity contribution is 0.384. The summed E-state index contributed by atoms with van der Waals surface area (Å²) < 4.78 is 19.3. The van der Waals surface area contributed by atoms with E-state index in [0.29, 0.717) is 6.42 Å². The minimum absolute atomic E-state index is 0.231. The van der Waals surface area contributed by atoms with Gasteiger partial charge in [-0.3, -0.25) is 0 Å². The molecule has 0 amide bonds. The summed E-state index contributed by atoms with van der Waals surface area (Å²) in [7, 11) is 0. The van der Waals surface area contributed by atoms with E-state index in [-0.39, 0.29) is 11.7 Å². The Morgan fingerprint density at radius 3 is 3.04 bits per heavy atom. The minimum Gasteiger partial charge on any atom is -0.445 e. The van der Waals surface area contributed by atoms with E-state index in [2.05, 4.69) is 19.9 Å². The molecule has 1 aliphatic rings.